The SMILES string of the molecule is CN(C)CC(NS(=O)(=O)N(C)Cc1c(F)cccc1Cl)c1ccccc1. The molecule has 1 unspecified atom stereocenters. The molecular formula is C18H23ClFN3O2S. The molecule has 142 valence electrons. The Labute approximate surface area is 159 Å². The second-order valence-electron chi connectivity index (χ2n) is 6.30. The number of likely N-dealkylation sites (N-methyl/N-ethyl adjacent to an activating group) is 1. The van der Waals surface area contributed by atoms with Gasteiger partial charge in [-0.05, 0) is 31.8 Å². The van der Waals surface area contributed by atoms with Crippen molar-refractivity contribution in [3.63, 3.8) is 0 Å². The first-order chi connectivity index (χ1) is 12.2. The zero-order valence-corrected chi connectivity index (χ0v) is 16.6. The number of hydrogen-bond donors (Lipinski definition) is 1. The van der Waals surface area contributed by atoms with E-state index >= 15 is 0 Å². The lowest BCUT2D eigenvalue weighted by atomic mass is 10.1. The molecule has 0 spiro atoms. The van der Waals surface area contributed by atoms with Crippen LogP contribution in [0.3, 0.4) is 0 Å². The quantitative estimate of drug-likeness (QED) is 0.742. The minimum atomic E-state index is -3.85. The predicted molar refractivity (Wildman–Crippen MR) is 103 cm³/mol. The first-order valence-corrected chi connectivity index (χ1v) is 9.88. The Kier molecular flexibility index (Phi) is 7.14. The summed E-state index contributed by atoms with van der Waals surface area (Å²) in [4.78, 5) is 1.90. The maximum atomic E-state index is 14.0. The van der Waals surface area contributed by atoms with Gasteiger partial charge in [-0.15, -0.1) is 0 Å². The molecule has 0 aromatic heterocycles. The van der Waals surface area contributed by atoms with Crippen molar-refractivity contribution in [1.82, 2.24) is 13.9 Å². The molecule has 0 bridgehead atoms. The highest BCUT2D eigenvalue weighted by molar-refractivity contribution is 7.87. The highest BCUT2D eigenvalue weighted by Gasteiger charge is 2.25. The Morgan fingerprint density at radius 3 is 2.31 bits per heavy atom. The number of rotatable bonds is 8. The van der Waals surface area contributed by atoms with Crippen LogP contribution in [0.25, 0.3) is 0 Å². The molecule has 0 heterocycles. The van der Waals surface area contributed by atoms with E-state index in [4.69, 9.17) is 11.6 Å². The maximum absolute atomic E-state index is 14.0. The molecule has 2 rings (SSSR count). The van der Waals surface area contributed by atoms with Crippen LogP contribution in [0, 0.1) is 5.82 Å². The summed E-state index contributed by atoms with van der Waals surface area (Å²) in [5, 5.41) is 0.194. The summed E-state index contributed by atoms with van der Waals surface area (Å²) in [6.45, 7) is 0.321. The van der Waals surface area contributed by atoms with Gasteiger partial charge < -0.3 is 4.90 Å². The van der Waals surface area contributed by atoms with Gasteiger partial charge in [-0.2, -0.15) is 17.4 Å². The van der Waals surface area contributed by atoms with Crippen LogP contribution < -0.4 is 4.72 Å². The zero-order valence-electron chi connectivity index (χ0n) is 15.0. The van der Waals surface area contributed by atoms with Gasteiger partial charge in [0.05, 0.1) is 6.04 Å². The number of benzene rings is 2. The third-order valence-corrected chi connectivity index (χ3v) is 5.78. The van der Waals surface area contributed by atoms with Crippen molar-refractivity contribution in [3.8, 4) is 0 Å². The van der Waals surface area contributed by atoms with E-state index in [1.54, 1.807) is 0 Å². The molecule has 0 aliphatic carbocycles. The van der Waals surface area contributed by atoms with E-state index in [2.05, 4.69) is 4.72 Å². The van der Waals surface area contributed by atoms with Crippen LogP contribution in [0.15, 0.2) is 48.5 Å². The molecule has 0 aliphatic rings. The highest BCUT2D eigenvalue weighted by atomic mass is 35.5. The lowest BCUT2D eigenvalue weighted by molar-refractivity contribution is 0.355. The van der Waals surface area contributed by atoms with Crippen LogP contribution in [-0.4, -0.2) is 45.3 Å². The van der Waals surface area contributed by atoms with E-state index in [-0.39, 0.29) is 17.1 Å². The second-order valence-corrected chi connectivity index (χ2v) is 8.52. The van der Waals surface area contributed by atoms with Crippen LogP contribution in [0.4, 0.5) is 4.39 Å². The topological polar surface area (TPSA) is 52.7 Å². The van der Waals surface area contributed by atoms with Gasteiger partial charge in [-0.25, -0.2) is 4.39 Å². The summed E-state index contributed by atoms with van der Waals surface area (Å²) in [7, 11) is 1.27. The van der Waals surface area contributed by atoms with Crippen LogP contribution in [0.5, 0.6) is 0 Å². The van der Waals surface area contributed by atoms with Crippen LogP contribution >= 0.6 is 11.6 Å². The van der Waals surface area contributed by atoms with E-state index in [1.807, 2.05) is 49.3 Å². The second kappa shape index (κ2) is 8.92. The van der Waals surface area contributed by atoms with Crippen molar-refractivity contribution in [2.45, 2.75) is 12.6 Å². The van der Waals surface area contributed by atoms with Crippen molar-refractivity contribution in [1.29, 1.82) is 0 Å². The molecule has 0 radical (unpaired) electrons. The Bertz CT molecular complexity index is 811. The molecule has 5 nitrogen and oxygen atoms in total. The van der Waals surface area contributed by atoms with Crippen LogP contribution in [0.1, 0.15) is 17.2 Å². The fourth-order valence-corrected chi connectivity index (χ4v) is 3.79. The summed E-state index contributed by atoms with van der Waals surface area (Å²) in [6.07, 6.45) is 0. The van der Waals surface area contributed by atoms with Gasteiger partial charge in [0.25, 0.3) is 10.2 Å². The molecule has 0 fully saturated rings. The third kappa shape index (κ3) is 5.49. The number of halogens is 2. The zero-order chi connectivity index (χ0) is 19.3. The largest absolute Gasteiger partial charge is 0.307 e. The third-order valence-electron chi connectivity index (χ3n) is 3.89. The van der Waals surface area contributed by atoms with Gasteiger partial charge in [0.2, 0.25) is 0 Å². The van der Waals surface area contributed by atoms with E-state index in [9.17, 15) is 12.8 Å². The molecular weight excluding hydrogens is 377 g/mol. The van der Waals surface area contributed by atoms with Gasteiger partial charge in [-0.3, -0.25) is 0 Å². The number of nitrogens with zero attached hydrogens (tertiary/aromatic N) is 2. The summed E-state index contributed by atoms with van der Waals surface area (Å²) in [5.41, 5.74) is 0.994. The molecule has 0 saturated heterocycles. The van der Waals surface area contributed by atoms with Crippen molar-refractivity contribution in [2.75, 3.05) is 27.7 Å². The molecule has 0 aliphatic heterocycles. The van der Waals surface area contributed by atoms with Crippen molar-refractivity contribution in [3.05, 3.63) is 70.5 Å². The summed E-state index contributed by atoms with van der Waals surface area (Å²) in [6, 6.07) is 13.2. The molecule has 8 heteroatoms. The lowest BCUT2D eigenvalue weighted by Crippen LogP contribution is -2.42. The highest BCUT2D eigenvalue weighted by Crippen LogP contribution is 2.22. The molecule has 26 heavy (non-hydrogen) atoms. The Morgan fingerprint density at radius 2 is 1.73 bits per heavy atom. The molecule has 2 aromatic carbocycles. The molecule has 1 N–H and O–H groups in total. The number of hydrogen-bond acceptors (Lipinski definition) is 3. The number of nitrogens with one attached hydrogen (secondary N) is 1. The maximum Gasteiger partial charge on any atom is 0.280 e. The minimum absolute atomic E-state index is 0.144. The van der Waals surface area contributed by atoms with E-state index < -0.39 is 22.1 Å². The van der Waals surface area contributed by atoms with Gasteiger partial charge in [0, 0.05) is 30.7 Å². The average Bonchev–Trinajstić information content (AvgIpc) is 2.57. The van der Waals surface area contributed by atoms with Crippen LogP contribution in [-0.2, 0) is 16.8 Å². The fraction of sp³-hybridized carbons (Fsp3) is 0.333. The monoisotopic (exact) mass is 399 g/mol. The van der Waals surface area contributed by atoms with Crippen LogP contribution in [0.2, 0.25) is 5.02 Å². The summed E-state index contributed by atoms with van der Waals surface area (Å²) < 4.78 is 43.2. The molecule has 0 amide bonds. The summed E-state index contributed by atoms with van der Waals surface area (Å²) in [5.74, 6) is -0.535. The average molecular weight is 400 g/mol. The summed E-state index contributed by atoms with van der Waals surface area (Å²) >= 11 is 6.01. The Balaban J connectivity index is 2.21. The lowest BCUT2D eigenvalue weighted by Gasteiger charge is -2.26. The predicted octanol–water partition coefficient (Wildman–Crippen LogP) is 3.05. The van der Waals surface area contributed by atoms with Gasteiger partial charge >= 0.3 is 0 Å². The van der Waals surface area contributed by atoms with Gasteiger partial charge in [-0.1, -0.05) is 48.0 Å². The fourth-order valence-electron chi connectivity index (χ4n) is 2.52. The standard InChI is InChI=1S/C18H23ClFN3O2S/c1-22(2)13-18(14-8-5-4-6-9-14)21-26(24,25)23(3)12-15-16(19)10-7-11-17(15)20/h4-11,18,21H,12-13H2,1-3H3. The van der Waals surface area contributed by atoms with E-state index in [0.717, 1.165) is 9.87 Å². The minimum Gasteiger partial charge on any atom is -0.307 e. The molecule has 2 aromatic rings. The van der Waals surface area contributed by atoms with Crippen molar-refractivity contribution < 1.29 is 12.8 Å². The molecule has 1 atom stereocenters. The van der Waals surface area contributed by atoms with Crippen molar-refractivity contribution >= 4 is 21.8 Å². The smallest absolute Gasteiger partial charge is 0.280 e. The van der Waals surface area contributed by atoms with E-state index in [1.165, 1.54) is 25.2 Å². The Morgan fingerprint density at radius 1 is 1.08 bits per heavy atom. The van der Waals surface area contributed by atoms with E-state index in [0.29, 0.717) is 6.54 Å². The van der Waals surface area contributed by atoms with Gasteiger partial charge in [0.1, 0.15) is 5.82 Å². The molecule has 0 saturated carbocycles. The first kappa shape index (κ1) is 20.8. The van der Waals surface area contributed by atoms with Gasteiger partial charge in [0.15, 0.2) is 0 Å². The first-order valence-electron chi connectivity index (χ1n) is 8.07. The normalized spacial score (nSPS) is 13.3. The van der Waals surface area contributed by atoms with Crippen molar-refractivity contribution in [2.24, 2.45) is 0 Å². The Hall–Kier alpha value is -1.51.